The molecule has 1 aromatic rings. The molecule has 2 N–H and O–H groups in total. The molecule has 0 unspecified atom stereocenters. The Labute approximate surface area is 124 Å². The van der Waals surface area contributed by atoms with Gasteiger partial charge < -0.3 is 10.4 Å². The largest absolute Gasteiger partial charge is 0.478 e. The van der Waals surface area contributed by atoms with Gasteiger partial charge in [-0.15, -0.1) is 0 Å². The third-order valence-corrected chi connectivity index (χ3v) is 4.02. The van der Waals surface area contributed by atoms with Crippen molar-refractivity contribution in [1.82, 2.24) is 4.98 Å². The van der Waals surface area contributed by atoms with Crippen molar-refractivity contribution >= 4 is 17.7 Å². The van der Waals surface area contributed by atoms with Gasteiger partial charge in [0.1, 0.15) is 5.82 Å². The van der Waals surface area contributed by atoms with Gasteiger partial charge in [0.05, 0.1) is 5.56 Å². The van der Waals surface area contributed by atoms with Gasteiger partial charge in [0.25, 0.3) is 0 Å². The van der Waals surface area contributed by atoms with Crippen molar-refractivity contribution in [3.8, 4) is 0 Å². The third-order valence-electron chi connectivity index (χ3n) is 4.02. The fourth-order valence-corrected chi connectivity index (χ4v) is 2.86. The monoisotopic (exact) mass is 290 g/mol. The molecule has 1 amide bonds. The van der Waals surface area contributed by atoms with E-state index >= 15 is 0 Å². The molecule has 1 aromatic heterocycles. The highest BCUT2D eigenvalue weighted by Crippen LogP contribution is 2.27. The standard InChI is InChI=1S/C16H22N2O3/c19-15(8-4-7-12-5-2-1-3-6-12)18-14-11-13(16(20)21)9-10-17-14/h9-12H,1-8H2,(H,20,21)(H,17,18,19). The van der Waals surface area contributed by atoms with Crippen LogP contribution in [0.2, 0.25) is 0 Å². The summed E-state index contributed by atoms with van der Waals surface area (Å²) in [6, 6.07) is 2.78. The number of nitrogens with zero attached hydrogens (tertiary/aromatic N) is 1. The number of carbonyl (C=O) groups excluding carboxylic acids is 1. The molecule has 0 bridgehead atoms. The van der Waals surface area contributed by atoms with Crippen molar-refractivity contribution in [1.29, 1.82) is 0 Å². The van der Waals surface area contributed by atoms with Crippen LogP contribution in [0.1, 0.15) is 61.7 Å². The minimum absolute atomic E-state index is 0.0964. The molecule has 1 heterocycles. The lowest BCUT2D eigenvalue weighted by atomic mass is 9.86. The van der Waals surface area contributed by atoms with Crippen molar-refractivity contribution < 1.29 is 14.7 Å². The molecule has 5 heteroatoms. The predicted octanol–water partition coefficient (Wildman–Crippen LogP) is 3.47. The van der Waals surface area contributed by atoms with Crippen LogP contribution in [0, 0.1) is 5.92 Å². The zero-order valence-corrected chi connectivity index (χ0v) is 12.2. The lowest BCUT2D eigenvalue weighted by Gasteiger charge is -2.21. The van der Waals surface area contributed by atoms with Crippen molar-refractivity contribution in [3.63, 3.8) is 0 Å². The minimum Gasteiger partial charge on any atom is -0.478 e. The van der Waals surface area contributed by atoms with Gasteiger partial charge in [-0.05, 0) is 30.9 Å². The van der Waals surface area contributed by atoms with E-state index in [-0.39, 0.29) is 11.5 Å². The van der Waals surface area contributed by atoms with Gasteiger partial charge in [-0.1, -0.05) is 32.1 Å². The zero-order chi connectivity index (χ0) is 15.1. The number of anilines is 1. The number of carboxylic acid groups (broad SMARTS) is 1. The second kappa shape index (κ2) is 7.76. The van der Waals surface area contributed by atoms with E-state index in [1.165, 1.54) is 50.4 Å². The lowest BCUT2D eigenvalue weighted by Crippen LogP contribution is -2.14. The Balaban J connectivity index is 1.73. The SMILES string of the molecule is O=C(CCCC1CCCCC1)Nc1cc(C(=O)O)ccn1. The molecule has 0 spiro atoms. The van der Waals surface area contributed by atoms with Crippen LogP contribution in [0.5, 0.6) is 0 Å². The maximum absolute atomic E-state index is 11.8. The van der Waals surface area contributed by atoms with Crippen molar-refractivity contribution in [3.05, 3.63) is 23.9 Å². The van der Waals surface area contributed by atoms with Crippen LogP contribution in [-0.4, -0.2) is 22.0 Å². The van der Waals surface area contributed by atoms with Gasteiger partial charge >= 0.3 is 5.97 Å². The number of pyridine rings is 1. The summed E-state index contributed by atoms with van der Waals surface area (Å²) in [6.07, 6.45) is 10.4. The number of amides is 1. The first kappa shape index (κ1) is 15.5. The predicted molar refractivity (Wildman–Crippen MR) is 80.3 cm³/mol. The van der Waals surface area contributed by atoms with Crippen LogP contribution in [0.3, 0.4) is 0 Å². The highest BCUT2D eigenvalue weighted by Gasteiger charge is 2.14. The third kappa shape index (κ3) is 5.17. The number of carbonyl (C=O) groups is 2. The van der Waals surface area contributed by atoms with Gasteiger partial charge in [0.2, 0.25) is 5.91 Å². The molecule has 1 fully saturated rings. The number of hydrogen-bond donors (Lipinski definition) is 2. The molecular weight excluding hydrogens is 268 g/mol. The molecule has 1 saturated carbocycles. The van der Waals surface area contributed by atoms with E-state index < -0.39 is 5.97 Å². The van der Waals surface area contributed by atoms with Gasteiger partial charge in [-0.3, -0.25) is 4.79 Å². The number of hydrogen-bond acceptors (Lipinski definition) is 3. The topological polar surface area (TPSA) is 79.3 Å². The molecule has 0 radical (unpaired) electrons. The second-order valence-corrected chi connectivity index (χ2v) is 5.68. The minimum atomic E-state index is -1.02. The average molecular weight is 290 g/mol. The maximum Gasteiger partial charge on any atom is 0.335 e. The average Bonchev–Trinajstić information content (AvgIpc) is 2.48. The molecular formula is C16H22N2O3. The molecule has 5 nitrogen and oxygen atoms in total. The van der Waals surface area contributed by atoms with Crippen LogP contribution in [0.25, 0.3) is 0 Å². The van der Waals surface area contributed by atoms with E-state index in [1.807, 2.05) is 0 Å². The summed E-state index contributed by atoms with van der Waals surface area (Å²) in [7, 11) is 0. The summed E-state index contributed by atoms with van der Waals surface area (Å²) in [6.45, 7) is 0. The molecule has 1 aliphatic carbocycles. The molecule has 114 valence electrons. The Kier molecular flexibility index (Phi) is 5.72. The van der Waals surface area contributed by atoms with Crippen molar-refractivity contribution in [2.75, 3.05) is 5.32 Å². The fraction of sp³-hybridized carbons (Fsp3) is 0.562. The Morgan fingerprint density at radius 1 is 1.29 bits per heavy atom. The molecule has 2 rings (SSSR count). The molecule has 1 aliphatic rings. The first-order chi connectivity index (χ1) is 10.1. The Morgan fingerprint density at radius 2 is 2.05 bits per heavy atom. The first-order valence-electron chi connectivity index (χ1n) is 7.64. The Bertz CT molecular complexity index is 496. The zero-order valence-electron chi connectivity index (χ0n) is 12.2. The molecule has 0 saturated heterocycles. The molecule has 0 aromatic carbocycles. The van der Waals surface area contributed by atoms with Crippen molar-refractivity contribution in [2.24, 2.45) is 5.92 Å². The van der Waals surface area contributed by atoms with Crippen LogP contribution in [-0.2, 0) is 4.79 Å². The molecule has 0 aliphatic heterocycles. The maximum atomic E-state index is 11.8. The van der Waals surface area contributed by atoms with Gasteiger partial charge in [0, 0.05) is 12.6 Å². The number of aromatic carboxylic acids is 1. The highest BCUT2D eigenvalue weighted by molar-refractivity contribution is 5.92. The van der Waals surface area contributed by atoms with Gasteiger partial charge in [0.15, 0.2) is 0 Å². The number of aromatic nitrogens is 1. The molecule has 0 atom stereocenters. The van der Waals surface area contributed by atoms with Crippen LogP contribution in [0.4, 0.5) is 5.82 Å². The van der Waals surface area contributed by atoms with E-state index in [2.05, 4.69) is 10.3 Å². The van der Waals surface area contributed by atoms with E-state index in [0.717, 1.165) is 18.8 Å². The number of rotatable bonds is 6. The van der Waals surface area contributed by atoms with Gasteiger partial charge in [-0.2, -0.15) is 0 Å². The van der Waals surface area contributed by atoms with E-state index in [1.54, 1.807) is 0 Å². The van der Waals surface area contributed by atoms with Crippen molar-refractivity contribution in [2.45, 2.75) is 51.4 Å². The summed E-state index contributed by atoms with van der Waals surface area (Å²) < 4.78 is 0. The highest BCUT2D eigenvalue weighted by atomic mass is 16.4. The second-order valence-electron chi connectivity index (χ2n) is 5.68. The lowest BCUT2D eigenvalue weighted by molar-refractivity contribution is -0.116. The Hall–Kier alpha value is -1.91. The summed E-state index contributed by atoms with van der Waals surface area (Å²) in [5.74, 6) is -0.0383. The van der Waals surface area contributed by atoms with Crippen LogP contribution >= 0.6 is 0 Å². The number of nitrogens with one attached hydrogen (secondary N) is 1. The number of carboxylic acids is 1. The quantitative estimate of drug-likeness (QED) is 0.840. The molecule has 21 heavy (non-hydrogen) atoms. The van der Waals surface area contributed by atoms with E-state index in [0.29, 0.717) is 12.2 Å². The summed E-state index contributed by atoms with van der Waals surface area (Å²) in [5.41, 5.74) is 0.127. The van der Waals surface area contributed by atoms with Crippen LogP contribution < -0.4 is 5.32 Å². The summed E-state index contributed by atoms with van der Waals surface area (Å²) in [4.78, 5) is 26.6. The Morgan fingerprint density at radius 3 is 2.76 bits per heavy atom. The van der Waals surface area contributed by atoms with Gasteiger partial charge in [-0.25, -0.2) is 9.78 Å². The normalized spacial score (nSPS) is 15.6. The smallest absolute Gasteiger partial charge is 0.335 e. The fourth-order valence-electron chi connectivity index (χ4n) is 2.86. The first-order valence-corrected chi connectivity index (χ1v) is 7.64. The van der Waals surface area contributed by atoms with E-state index in [9.17, 15) is 9.59 Å². The van der Waals surface area contributed by atoms with Crippen LogP contribution in [0.15, 0.2) is 18.3 Å². The van der Waals surface area contributed by atoms with E-state index in [4.69, 9.17) is 5.11 Å². The summed E-state index contributed by atoms with van der Waals surface area (Å²) in [5, 5.41) is 11.6. The summed E-state index contributed by atoms with van der Waals surface area (Å²) >= 11 is 0.